The predicted molar refractivity (Wildman–Crippen MR) is 111 cm³/mol. The number of nitrogens with zero attached hydrogens (tertiary/aromatic N) is 2. The molecule has 3 rings (SSSR count). The first kappa shape index (κ1) is 24.9. The van der Waals surface area contributed by atoms with E-state index in [2.05, 4.69) is 9.46 Å². The van der Waals surface area contributed by atoms with E-state index in [-0.39, 0.29) is 5.75 Å². The molecule has 12 heteroatoms. The summed E-state index contributed by atoms with van der Waals surface area (Å²) >= 11 is 0. The lowest BCUT2D eigenvalue weighted by molar-refractivity contribution is -0.274. The third-order valence-corrected chi connectivity index (χ3v) is 6.65. The van der Waals surface area contributed by atoms with E-state index >= 15 is 0 Å². The Kier molecular flexibility index (Phi) is 7.60. The number of sulfonamides is 1. The van der Waals surface area contributed by atoms with Crippen molar-refractivity contribution < 1.29 is 35.5 Å². The third-order valence-electron chi connectivity index (χ3n) is 5.08. The Hall–Kier alpha value is -2.70. The van der Waals surface area contributed by atoms with Gasteiger partial charge in [0, 0.05) is 32.7 Å². The molecule has 1 amide bonds. The summed E-state index contributed by atoms with van der Waals surface area (Å²) in [7, 11) is -4.20. The van der Waals surface area contributed by atoms with E-state index in [9.17, 15) is 30.8 Å². The van der Waals surface area contributed by atoms with E-state index in [0.717, 1.165) is 17.7 Å². The number of rotatable bonds is 7. The van der Waals surface area contributed by atoms with Gasteiger partial charge in [0.25, 0.3) is 0 Å². The number of hydrogen-bond acceptors (Lipinski definition) is 5. The van der Waals surface area contributed by atoms with Crippen LogP contribution in [-0.2, 0) is 21.4 Å². The minimum atomic E-state index is -4.75. The van der Waals surface area contributed by atoms with Crippen molar-refractivity contribution >= 4 is 15.9 Å². The van der Waals surface area contributed by atoms with Gasteiger partial charge in [0.1, 0.15) is 16.5 Å². The molecule has 2 aromatic rings. The Morgan fingerprint density at radius 3 is 2.24 bits per heavy atom. The first-order valence-corrected chi connectivity index (χ1v) is 11.6. The largest absolute Gasteiger partial charge is 0.573 e. The zero-order valence-corrected chi connectivity index (χ0v) is 18.5. The van der Waals surface area contributed by atoms with Crippen LogP contribution in [0, 0.1) is 5.82 Å². The van der Waals surface area contributed by atoms with Crippen molar-refractivity contribution in [2.45, 2.75) is 30.8 Å². The molecular weight excluding hydrogens is 466 g/mol. The molecule has 0 unspecified atom stereocenters. The lowest BCUT2D eigenvalue weighted by Gasteiger charge is -2.36. The van der Waals surface area contributed by atoms with Gasteiger partial charge in [-0.25, -0.2) is 12.8 Å². The number of amides is 1. The van der Waals surface area contributed by atoms with Gasteiger partial charge in [0.05, 0.1) is 6.04 Å². The average Bonchev–Trinajstić information content (AvgIpc) is 2.74. The fraction of sp³-hybridized carbons (Fsp3) is 0.381. The maximum absolute atomic E-state index is 13.8. The molecule has 1 N–H and O–H groups in total. The number of nitrogens with one attached hydrogen (secondary N) is 1. The molecular formula is C21H23F4N3O4S. The normalized spacial score (nSPS) is 16.5. The van der Waals surface area contributed by atoms with Crippen molar-refractivity contribution in [3.8, 4) is 5.75 Å². The number of piperazine rings is 1. The van der Waals surface area contributed by atoms with Crippen LogP contribution in [0.3, 0.4) is 0 Å². The van der Waals surface area contributed by atoms with Gasteiger partial charge in [-0.2, -0.15) is 4.72 Å². The zero-order valence-electron chi connectivity index (χ0n) is 17.7. The van der Waals surface area contributed by atoms with E-state index in [1.165, 1.54) is 48.2 Å². The van der Waals surface area contributed by atoms with E-state index in [4.69, 9.17) is 0 Å². The molecule has 1 aliphatic heterocycles. The quantitative estimate of drug-likeness (QED) is 0.606. The molecule has 7 nitrogen and oxygen atoms in total. The monoisotopic (exact) mass is 489 g/mol. The molecule has 1 atom stereocenters. The lowest BCUT2D eigenvalue weighted by Crippen LogP contribution is -2.53. The summed E-state index contributed by atoms with van der Waals surface area (Å²) in [5.74, 6) is -1.63. The minimum Gasteiger partial charge on any atom is -0.406 e. The van der Waals surface area contributed by atoms with Gasteiger partial charge in [-0.3, -0.25) is 9.69 Å². The molecule has 1 fully saturated rings. The van der Waals surface area contributed by atoms with Crippen LogP contribution in [0.5, 0.6) is 5.75 Å². The van der Waals surface area contributed by atoms with Gasteiger partial charge >= 0.3 is 6.36 Å². The number of carbonyl (C=O) groups is 1. The highest BCUT2D eigenvalue weighted by Crippen LogP contribution is 2.23. The van der Waals surface area contributed by atoms with Gasteiger partial charge < -0.3 is 9.64 Å². The van der Waals surface area contributed by atoms with Crippen molar-refractivity contribution in [1.29, 1.82) is 0 Å². The van der Waals surface area contributed by atoms with E-state index in [1.807, 2.05) is 4.90 Å². The summed E-state index contributed by atoms with van der Waals surface area (Å²) in [4.78, 5) is 15.7. The second-order valence-corrected chi connectivity index (χ2v) is 9.25. The Morgan fingerprint density at radius 1 is 1.06 bits per heavy atom. The Bertz CT molecular complexity index is 1070. The molecule has 0 spiro atoms. The fourth-order valence-corrected chi connectivity index (χ4v) is 4.74. The van der Waals surface area contributed by atoms with Crippen LogP contribution in [0.4, 0.5) is 17.6 Å². The number of ether oxygens (including phenoxy) is 1. The maximum atomic E-state index is 13.8. The van der Waals surface area contributed by atoms with Crippen molar-refractivity contribution in [2.24, 2.45) is 0 Å². The molecule has 180 valence electrons. The van der Waals surface area contributed by atoms with Gasteiger partial charge in [0.2, 0.25) is 15.9 Å². The van der Waals surface area contributed by atoms with Gasteiger partial charge in [-0.15, -0.1) is 13.2 Å². The van der Waals surface area contributed by atoms with Crippen LogP contribution in [0.25, 0.3) is 0 Å². The third kappa shape index (κ3) is 6.89. The second-order valence-electron chi connectivity index (χ2n) is 7.57. The van der Waals surface area contributed by atoms with Crippen molar-refractivity contribution in [3.05, 3.63) is 59.9 Å². The molecule has 1 heterocycles. The standard InChI is InChI=1S/C21H23F4N3O4S/c1-15(26-33(30,31)19-5-3-2-4-18(19)22)20(29)28-12-10-27(11-13-28)14-16-6-8-17(9-7-16)32-21(23,24)25/h2-9,15,26H,10-14H2,1H3/t15-/m0/s1. The Labute approximate surface area is 189 Å². The van der Waals surface area contributed by atoms with Crippen LogP contribution in [0.2, 0.25) is 0 Å². The number of hydrogen-bond donors (Lipinski definition) is 1. The number of benzene rings is 2. The molecule has 1 saturated heterocycles. The van der Waals surface area contributed by atoms with Crippen LogP contribution in [-0.4, -0.2) is 62.7 Å². The first-order valence-electron chi connectivity index (χ1n) is 10.1. The summed E-state index contributed by atoms with van der Waals surface area (Å²) in [6.45, 7) is 3.57. The molecule has 1 aliphatic rings. The smallest absolute Gasteiger partial charge is 0.406 e. The molecule has 2 aromatic carbocycles. The van der Waals surface area contributed by atoms with Crippen molar-refractivity contribution in [3.63, 3.8) is 0 Å². The molecule has 0 aromatic heterocycles. The van der Waals surface area contributed by atoms with E-state index in [1.54, 1.807) is 0 Å². The highest BCUT2D eigenvalue weighted by atomic mass is 32.2. The van der Waals surface area contributed by atoms with Crippen LogP contribution < -0.4 is 9.46 Å². The first-order chi connectivity index (χ1) is 15.4. The average molecular weight is 489 g/mol. The lowest BCUT2D eigenvalue weighted by atomic mass is 10.2. The molecule has 33 heavy (non-hydrogen) atoms. The van der Waals surface area contributed by atoms with Crippen molar-refractivity contribution in [2.75, 3.05) is 26.2 Å². The minimum absolute atomic E-state index is 0.298. The highest BCUT2D eigenvalue weighted by molar-refractivity contribution is 7.89. The molecule has 0 aliphatic carbocycles. The summed E-state index contributed by atoms with van der Waals surface area (Å²) in [5, 5.41) is 0. The molecule has 0 saturated carbocycles. The number of alkyl halides is 3. The zero-order chi connectivity index (χ0) is 24.2. The molecule has 0 radical (unpaired) electrons. The Morgan fingerprint density at radius 2 is 1.67 bits per heavy atom. The van der Waals surface area contributed by atoms with Gasteiger partial charge in [0.15, 0.2) is 0 Å². The van der Waals surface area contributed by atoms with Crippen molar-refractivity contribution in [1.82, 2.24) is 14.5 Å². The Balaban J connectivity index is 1.51. The summed E-state index contributed by atoms with van der Waals surface area (Å²) in [6.07, 6.45) is -4.75. The number of halogens is 4. The molecule has 0 bridgehead atoms. The highest BCUT2D eigenvalue weighted by Gasteiger charge is 2.31. The van der Waals surface area contributed by atoms with Crippen LogP contribution >= 0.6 is 0 Å². The SMILES string of the molecule is C[C@H](NS(=O)(=O)c1ccccc1F)C(=O)N1CCN(Cc2ccc(OC(F)(F)F)cc2)CC1. The van der Waals surface area contributed by atoms with Crippen LogP contribution in [0.15, 0.2) is 53.4 Å². The van der Waals surface area contributed by atoms with Crippen LogP contribution in [0.1, 0.15) is 12.5 Å². The summed E-state index contributed by atoms with van der Waals surface area (Å²) < 4.78 is 81.5. The van der Waals surface area contributed by atoms with E-state index < -0.39 is 39.0 Å². The second kappa shape index (κ2) is 10.1. The predicted octanol–water partition coefficient (Wildman–Crippen LogP) is 2.74. The summed E-state index contributed by atoms with van der Waals surface area (Å²) in [6, 6.07) is 9.39. The van der Waals surface area contributed by atoms with Gasteiger partial charge in [-0.05, 0) is 36.8 Å². The fourth-order valence-electron chi connectivity index (χ4n) is 3.46. The van der Waals surface area contributed by atoms with Gasteiger partial charge in [-0.1, -0.05) is 24.3 Å². The summed E-state index contributed by atoms with van der Waals surface area (Å²) in [5.41, 5.74) is 0.787. The topological polar surface area (TPSA) is 79.0 Å². The maximum Gasteiger partial charge on any atom is 0.573 e. The van der Waals surface area contributed by atoms with E-state index in [0.29, 0.717) is 32.7 Å². The number of carbonyl (C=O) groups excluding carboxylic acids is 1.